The number of carboxylic acids is 1. The largest absolute Gasteiger partial charge is 0.481 e. The number of quaternary nitrogens is 1. The van der Waals surface area contributed by atoms with E-state index < -0.39 is 24.1 Å². The molecule has 6 nitrogen and oxygen atoms in total. The summed E-state index contributed by atoms with van der Waals surface area (Å²) in [4.78, 5) is 21.7. The molecule has 0 bridgehead atoms. The summed E-state index contributed by atoms with van der Waals surface area (Å²) in [5.41, 5.74) is 0. The van der Waals surface area contributed by atoms with Gasteiger partial charge in [0.05, 0.1) is 27.6 Å². The first-order valence-corrected chi connectivity index (χ1v) is 5.02. The van der Waals surface area contributed by atoms with Crippen LogP contribution >= 0.6 is 0 Å². The molecule has 0 heterocycles. The van der Waals surface area contributed by atoms with Gasteiger partial charge in [-0.3, -0.25) is 4.79 Å². The van der Waals surface area contributed by atoms with Crippen molar-refractivity contribution < 1.29 is 29.0 Å². The van der Waals surface area contributed by atoms with Gasteiger partial charge in [-0.2, -0.15) is 0 Å². The second-order valence-electron chi connectivity index (χ2n) is 4.81. The van der Waals surface area contributed by atoms with Crippen molar-refractivity contribution in [3.8, 4) is 0 Å². The first-order chi connectivity index (χ1) is 7.11. The number of hydrogen-bond donors (Lipinski definition) is 2. The van der Waals surface area contributed by atoms with Crippen molar-refractivity contribution in [3.05, 3.63) is 0 Å². The molecule has 2 N–H and O–H groups in total. The van der Waals surface area contributed by atoms with Crippen LogP contribution in [0.15, 0.2) is 0 Å². The minimum atomic E-state index is -1.23. The third-order valence-electron chi connectivity index (χ3n) is 1.78. The van der Waals surface area contributed by atoms with E-state index in [9.17, 15) is 9.59 Å². The average molecular weight is 234 g/mol. The summed E-state index contributed by atoms with van der Waals surface area (Å²) < 4.78 is 5.39. The normalized spacial score (nSPS) is 15.3. The van der Waals surface area contributed by atoms with Gasteiger partial charge in [-0.15, -0.1) is 0 Å². The molecule has 2 atom stereocenters. The van der Waals surface area contributed by atoms with E-state index in [1.54, 1.807) is 0 Å². The highest BCUT2D eigenvalue weighted by atomic mass is 16.6. The van der Waals surface area contributed by atoms with E-state index in [-0.39, 0.29) is 6.42 Å². The minimum absolute atomic E-state index is 0.256. The van der Waals surface area contributed by atoms with Gasteiger partial charge in [0.2, 0.25) is 0 Å². The molecule has 1 unspecified atom stereocenters. The Balaban J connectivity index is 4.43. The SMILES string of the molecule is CC(O)C(=O)O[C@H](CC(=O)O)C[N+](C)(C)C. The maximum Gasteiger partial charge on any atom is 0.335 e. The molecule has 0 saturated carbocycles. The van der Waals surface area contributed by atoms with Crippen LogP contribution in [0.25, 0.3) is 0 Å². The summed E-state index contributed by atoms with van der Waals surface area (Å²) in [7, 11) is 5.60. The third-order valence-corrected chi connectivity index (χ3v) is 1.78. The van der Waals surface area contributed by atoms with Crippen LogP contribution in [-0.2, 0) is 14.3 Å². The molecule has 6 heteroatoms. The number of aliphatic hydroxyl groups excluding tert-OH is 1. The van der Waals surface area contributed by atoms with Gasteiger partial charge in [-0.25, -0.2) is 4.79 Å². The van der Waals surface area contributed by atoms with E-state index in [4.69, 9.17) is 14.9 Å². The predicted octanol–water partition coefficient (Wildman–Crippen LogP) is -0.540. The van der Waals surface area contributed by atoms with Gasteiger partial charge >= 0.3 is 11.9 Å². The van der Waals surface area contributed by atoms with E-state index in [0.717, 1.165) is 0 Å². The van der Waals surface area contributed by atoms with Crippen LogP contribution in [0.5, 0.6) is 0 Å². The molecule has 0 aliphatic heterocycles. The maximum atomic E-state index is 11.1. The van der Waals surface area contributed by atoms with Crippen LogP contribution < -0.4 is 0 Å². The summed E-state index contributed by atoms with van der Waals surface area (Å²) >= 11 is 0. The quantitative estimate of drug-likeness (QED) is 0.476. The van der Waals surface area contributed by atoms with Crippen molar-refractivity contribution in [2.24, 2.45) is 0 Å². The smallest absolute Gasteiger partial charge is 0.335 e. The zero-order valence-electron chi connectivity index (χ0n) is 10.1. The number of rotatable bonds is 6. The van der Waals surface area contributed by atoms with E-state index in [1.807, 2.05) is 21.1 Å². The highest BCUT2D eigenvalue weighted by Gasteiger charge is 2.26. The molecular formula is C10H20NO5+. The highest BCUT2D eigenvalue weighted by molar-refractivity contribution is 5.74. The fraction of sp³-hybridized carbons (Fsp3) is 0.800. The lowest BCUT2D eigenvalue weighted by atomic mass is 10.2. The Hall–Kier alpha value is -1.14. The predicted molar refractivity (Wildman–Crippen MR) is 56.7 cm³/mol. The Labute approximate surface area is 95.0 Å². The van der Waals surface area contributed by atoms with Crippen molar-refractivity contribution in [2.75, 3.05) is 27.7 Å². The zero-order valence-corrected chi connectivity index (χ0v) is 10.1. The van der Waals surface area contributed by atoms with Gasteiger partial charge in [0.15, 0.2) is 6.10 Å². The average Bonchev–Trinajstić information content (AvgIpc) is 1.98. The first-order valence-electron chi connectivity index (χ1n) is 5.02. The fourth-order valence-corrected chi connectivity index (χ4v) is 1.21. The van der Waals surface area contributed by atoms with Crippen LogP contribution in [0.4, 0.5) is 0 Å². The van der Waals surface area contributed by atoms with E-state index in [2.05, 4.69) is 0 Å². The van der Waals surface area contributed by atoms with Gasteiger partial charge < -0.3 is 19.4 Å². The topological polar surface area (TPSA) is 83.8 Å². The highest BCUT2D eigenvalue weighted by Crippen LogP contribution is 2.06. The third kappa shape index (κ3) is 7.19. The molecule has 94 valence electrons. The zero-order chi connectivity index (χ0) is 12.9. The van der Waals surface area contributed by atoms with Gasteiger partial charge in [0.1, 0.15) is 12.6 Å². The molecule has 0 spiro atoms. The molecule has 0 aromatic heterocycles. The number of esters is 1. The summed E-state index contributed by atoms with van der Waals surface area (Å²) in [5.74, 6) is -1.82. The number of ether oxygens (including phenoxy) is 1. The standard InChI is InChI=1S/C10H19NO5/c1-7(12)10(15)16-8(5-9(13)14)6-11(2,3)4/h7-8,12H,5-6H2,1-4H3/p+1/t7?,8-/m1/s1. The van der Waals surface area contributed by atoms with Gasteiger partial charge in [-0.1, -0.05) is 0 Å². The van der Waals surface area contributed by atoms with Crippen molar-refractivity contribution in [2.45, 2.75) is 25.6 Å². The van der Waals surface area contributed by atoms with Gasteiger partial charge in [-0.05, 0) is 6.92 Å². The number of aliphatic hydroxyl groups is 1. The van der Waals surface area contributed by atoms with Gasteiger partial charge in [0.25, 0.3) is 0 Å². The lowest BCUT2D eigenvalue weighted by Gasteiger charge is -2.28. The molecule has 0 aliphatic rings. The summed E-state index contributed by atoms with van der Waals surface area (Å²) in [5, 5.41) is 17.6. The number of carboxylic acid groups (broad SMARTS) is 1. The van der Waals surface area contributed by atoms with Crippen LogP contribution in [-0.4, -0.2) is 66.5 Å². The fourth-order valence-electron chi connectivity index (χ4n) is 1.21. The maximum absolute atomic E-state index is 11.1. The number of carbonyl (C=O) groups is 2. The Kier molecular flexibility index (Phi) is 5.40. The number of likely N-dealkylation sites (N-methyl/N-ethyl adjacent to an activating group) is 1. The molecule has 0 aliphatic carbocycles. The van der Waals surface area contributed by atoms with Crippen LogP contribution in [0.1, 0.15) is 13.3 Å². The summed E-state index contributed by atoms with van der Waals surface area (Å²) in [6.07, 6.45) is -2.21. The molecule has 0 aromatic carbocycles. The molecule has 0 radical (unpaired) electrons. The lowest BCUT2D eigenvalue weighted by Crippen LogP contribution is -2.44. The van der Waals surface area contributed by atoms with Crippen LogP contribution in [0.3, 0.4) is 0 Å². The van der Waals surface area contributed by atoms with E-state index in [0.29, 0.717) is 11.0 Å². The molecule has 16 heavy (non-hydrogen) atoms. The molecule has 0 amide bonds. The van der Waals surface area contributed by atoms with Crippen LogP contribution in [0.2, 0.25) is 0 Å². The first kappa shape index (κ1) is 14.9. The number of aliphatic carboxylic acids is 1. The second kappa shape index (κ2) is 5.81. The number of nitrogens with zero attached hydrogens (tertiary/aromatic N) is 1. The van der Waals surface area contributed by atoms with Crippen molar-refractivity contribution in [1.29, 1.82) is 0 Å². The van der Waals surface area contributed by atoms with Crippen molar-refractivity contribution in [1.82, 2.24) is 0 Å². The second-order valence-corrected chi connectivity index (χ2v) is 4.81. The number of carbonyl (C=O) groups excluding carboxylic acids is 1. The monoisotopic (exact) mass is 234 g/mol. The number of hydrogen-bond acceptors (Lipinski definition) is 4. The summed E-state index contributed by atoms with van der Waals surface area (Å²) in [6.45, 7) is 1.66. The lowest BCUT2D eigenvalue weighted by molar-refractivity contribution is -0.873. The minimum Gasteiger partial charge on any atom is -0.481 e. The Morgan fingerprint density at radius 3 is 2.12 bits per heavy atom. The Bertz CT molecular complexity index is 256. The van der Waals surface area contributed by atoms with Crippen molar-refractivity contribution in [3.63, 3.8) is 0 Å². The molecule has 0 rings (SSSR count). The molecule has 0 fully saturated rings. The summed E-state index contributed by atoms with van der Waals surface area (Å²) in [6, 6.07) is 0. The van der Waals surface area contributed by atoms with E-state index >= 15 is 0 Å². The van der Waals surface area contributed by atoms with Crippen molar-refractivity contribution >= 4 is 11.9 Å². The Morgan fingerprint density at radius 1 is 1.31 bits per heavy atom. The van der Waals surface area contributed by atoms with E-state index in [1.165, 1.54) is 6.92 Å². The molecule has 0 saturated heterocycles. The molecule has 0 aromatic rings. The van der Waals surface area contributed by atoms with Gasteiger partial charge in [0, 0.05) is 0 Å². The van der Waals surface area contributed by atoms with Crippen LogP contribution in [0, 0.1) is 0 Å². The molecular weight excluding hydrogens is 214 g/mol. The Morgan fingerprint density at radius 2 is 1.81 bits per heavy atom.